The Bertz CT molecular complexity index is 1560. The van der Waals surface area contributed by atoms with Crippen LogP contribution in [0.15, 0.2) is 65.8 Å². The van der Waals surface area contributed by atoms with Crippen LogP contribution in [0.4, 0.5) is 16.2 Å². The van der Waals surface area contributed by atoms with Crippen molar-refractivity contribution in [3.63, 3.8) is 0 Å². The molecule has 0 aliphatic carbocycles. The maximum Gasteiger partial charge on any atom is 0.327 e. The number of nitrogens with zero attached hydrogens (tertiary/aromatic N) is 3. The van der Waals surface area contributed by atoms with Crippen molar-refractivity contribution in [2.45, 2.75) is 48.5 Å². The minimum atomic E-state index is -0.553. The zero-order valence-electron chi connectivity index (χ0n) is 23.9. The molecule has 10 nitrogen and oxygen atoms in total. The van der Waals surface area contributed by atoms with Gasteiger partial charge in [-0.1, -0.05) is 30.0 Å². The fourth-order valence-electron chi connectivity index (χ4n) is 6.53. The Kier molecular flexibility index (Phi) is 7.44. The second kappa shape index (κ2) is 11.5. The van der Waals surface area contributed by atoms with E-state index in [1.807, 2.05) is 66.4 Å². The maximum absolute atomic E-state index is 13.7. The minimum Gasteiger partial charge on any atom is -0.457 e. The number of pyridine rings is 1. The number of para-hydroxylation sites is 1. The molecule has 4 amide bonds. The van der Waals surface area contributed by atoms with Crippen molar-refractivity contribution >= 4 is 41.0 Å². The molecule has 43 heavy (non-hydrogen) atoms. The highest BCUT2D eigenvalue weighted by molar-refractivity contribution is 8.01. The molecule has 7 rings (SSSR count). The molecular formula is C32H34N6O4S. The standard InChI is InChI=1S/C32H34N6O4S/c1-19-16-23(42-22-7-3-2-4-8-22)9-10-24(19)38-25-12-14-34-30-26(25)27(36-32(38)41)28(43-30)29(39)35-21-6-5-15-37(18-21)31(40)20-11-13-33-17-20/h2-4,7-10,12,14,16,20-21,27-28,33H,5-6,11,13,15,17-18H2,1H3,(H,35,39)(H,36,41)/t20-,21-,27?,28?/m1/s1. The predicted octanol–water partition coefficient (Wildman–Crippen LogP) is 4.28. The van der Waals surface area contributed by atoms with E-state index in [0.717, 1.165) is 72.2 Å². The number of aromatic nitrogens is 1. The van der Waals surface area contributed by atoms with Gasteiger partial charge in [0.1, 0.15) is 21.8 Å². The SMILES string of the molecule is Cc1cc(Oc2ccccc2)ccc1N1C(=O)NC2c3c1ccnc3SC2C(=O)N[C@@H]1CCCN(C(=O)[C@@H]2CCNC2)C1. The minimum absolute atomic E-state index is 0.0236. The van der Waals surface area contributed by atoms with Gasteiger partial charge in [-0.2, -0.15) is 0 Å². The third-order valence-corrected chi connectivity index (χ3v) is 9.93. The number of thioether (sulfide) groups is 1. The van der Waals surface area contributed by atoms with Crippen LogP contribution >= 0.6 is 11.8 Å². The van der Waals surface area contributed by atoms with Crippen molar-refractivity contribution in [2.75, 3.05) is 31.1 Å². The van der Waals surface area contributed by atoms with E-state index in [1.165, 1.54) is 11.8 Å². The summed E-state index contributed by atoms with van der Waals surface area (Å²) in [6.07, 6.45) is 4.22. The number of anilines is 2. The molecule has 0 spiro atoms. The second-order valence-electron chi connectivity index (χ2n) is 11.5. The van der Waals surface area contributed by atoms with E-state index >= 15 is 0 Å². The number of aryl methyl sites for hydroxylation is 1. The quantitative estimate of drug-likeness (QED) is 0.388. The lowest BCUT2D eigenvalue weighted by atomic mass is 9.98. The van der Waals surface area contributed by atoms with Gasteiger partial charge in [-0.05, 0) is 74.7 Å². The monoisotopic (exact) mass is 598 g/mol. The smallest absolute Gasteiger partial charge is 0.327 e. The maximum atomic E-state index is 13.7. The van der Waals surface area contributed by atoms with Crippen LogP contribution in [0.5, 0.6) is 11.5 Å². The van der Waals surface area contributed by atoms with Gasteiger partial charge in [0.25, 0.3) is 0 Å². The first-order valence-electron chi connectivity index (χ1n) is 14.9. The number of piperidine rings is 1. The Morgan fingerprint density at radius 1 is 1.07 bits per heavy atom. The van der Waals surface area contributed by atoms with Crippen LogP contribution in [0.25, 0.3) is 0 Å². The van der Waals surface area contributed by atoms with E-state index in [1.54, 1.807) is 11.1 Å². The number of hydrogen-bond acceptors (Lipinski definition) is 7. The number of carbonyl (C=O) groups excluding carboxylic acids is 3. The van der Waals surface area contributed by atoms with Gasteiger partial charge in [0.15, 0.2) is 0 Å². The fourth-order valence-corrected chi connectivity index (χ4v) is 7.77. The number of carbonyl (C=O) groups is 3. The number of ether oxygens (including phenoxy) is 1. The van der Waals surface area contributed by atoms with Crippen LogP contribution in [-0.2, 0) is 9.59 Å². The number of hydrogen-bond donors (Lipinski definition) is 3. The van der Waals surface area contributed by atoms with E-state index in [9.17, 15) is 14.4 Å². The highest BCUT2D eigenvalue weighted by Gasteiger charge is 2.47. The van der Waals surface area contributed by atoms with Crippen LogP contribution in [0, 0.1) is 12.8 Å². The Labute approximate surface area is 254 Å². The Balaban J connectivity index is 1.08. The number of urea groups is 1. The molecule has 2 aromatic carbocycles. The third kappa shape index (κ3) is 5.31. The van der Waals surface area contributed by atoms with E-state index in [4.69, 9.17) is 4.74 Å². The van der Waals surface area contributed by atoms with Crippen molar-refractivity contribution in [3.8, 4) is 11.5 Å². The van der Waals surface area contributed by atoms with Crippen molar-refractivity contribution in [1.29, 1.82) is 0 Å². The van der Waals surface area contributed by atoms with Gasteiger partial charge in [-0.25, -0.2) is 9.78 Å². The summed E-state index contributed by atoms with van der Waals surface area (Å²) in [4.78, 5) is 48.4. The molecule has 1 aromatic heterocycles. The molecule has 3 N–H and O–H groups in total. The number of nitrogens with one attached hydrogen (secondary N) is 3. The van der Waals surface area contributed by atoms with Gasteiger partial charge >= 0.3 is 6.03 Å². The van der Waals surface area contributed by atoms with Crippen LogP contribution in [-0.4, -0.2) is 65.2 Å². The lowest BCUT2D eigenvalue weighted by molar-refractivity contribution is -0.137. The summed E-state index contributed by atoms with van der Waals surface area (Å²) in [7, 11) is 0. The molecule has 222 valence electrons. The van der Waals surface area contributed by atoms with E-state index in [-0.39, 0.29) is 29.8 Å². The van der Waals surface area contributed by atoms with Crippen molar-refractivity contribution in [3.05, 3.63) is 71.9 Å². The molecule has 11 heteroatoms. The molecule has 0 saturated carbocycles. The van der Waals surface area contributed by atoms with Crippen molar-refractivity contribution in [1.82, 2.24) is 25.8 Å². The molecule has 2 unspecified atom stereocenters. The Morgan fingerprint density at radius 3 is 2.72 bits per heavy atom. The van der Waals surface area contributed by atoms with Gasteiger partial charge in [0.2, 0.25) is 11.8 Å². The highest BCUT2D eigenvalue weighted by atomic mass is 32.2. The first-order valence-corrected chi connectivity index (χ1v) is 15.7. The lowest BCUT2D eigenvalue weighted by Gasteiger charge is -2.36. The number of likely N-dealkylation sites (tertiary alicyclic amines) is 1. The van der Waals surface area contributed by atoms with Gasteiger partial charge in [0.05, 0.1) is 23.3 Å². The Morgan fingerprint density at radius 2 is 1.93 bits per heavy atom. The van der Waals surface area contributed by atoms with Crippen molar-refractivity contribution < 1.29 is 19.1 Å². The normalized spacial score (nSPS) is 24.3. The molecule has 3 aromatic rings. The number of rotatable bonds is 6. The zero-order valence-corrected chi connectivity index (χ0v) is 24.7. The molecule has 2 saturated heterocycles. The van der Waals surface area contributed by atoms with Crippen LogP contribution in [0.2, 0.25) is 0 Å². The third-order valence-electron chi connectivity index (χ3n) is 8.64. The summed E-state index contributed by atoms with van der Waals surface area (Å²) >= 11 is 1.38. The van der Waals surface area contributed by atoms with Gasteiger partial charge in [-0.3, -0.25) is 14.5 Å². The number of benzene rings is 2. The predicted molar refractivity (Wildman–Crippen MR) is 164 cm³/mol. The summed E-state index contributed by atoms with van der Waals surface area (Å²) in [5.74, 6) is 1.47. The molecule has 2 fully saturated rings. The molecule has 4 aliphatic rings. The first kappa shape index (κ1) is 27.7. The van der Waals surface area contributed by atoms with E-state index < -0.39 is 11.3 Å². The summed E-state index contributed by atoms with van der Waals surface area (Å²) in [5, 5.41) is 9.75. The summed E-state index contributed by atoms with van der Waals surface area (Å²) in [5.41, 5.74) is 3.18. The molecule has 5 heterocycles. The summed E-state index contributed by atoms with van der Waals surface area (Å²) in [6.45, 7) is 4.79. The number of amides is 4. The molecule has 0 bridgehead atoms. The zero-order chi connectivity index (χ0) is 29.5. The van der Waals surface area contributed by atoms with Gasteiger partial charge < -0.3 is 25.6 Å². The summed E-state index contributed by atoms with van der Waals surface area (Å²) in [6, 6.07) is 16.1. The second-order valence-corrected chi connectivity index (χ2v) is 12.7. The summed E-state index contributed by atoms with van der Waals surface area (Å²) < 4.78 is 5.99. The molecular weight excluding hydrogens is 564 g/mol. The van der Waals surface area contributed by atoms with E-state index in [2.05, 4.69) is 20.9 Å². The highest BCUT2D eigenvalue weighted by Crippen LogP contribution is 2.51. The average molecular weight is 599 g/mol. The average Bonchev–Trinajstić information content (AvgIpc) is 3.68. The molecule has 0 radical (unpaired) electrons. The van der Waals surface area contributed by atoms with E-state index in [0.29, 0.717) is 12.3 Å². The topological polar surface area (TPSA) is 116 Å². The van der Waals surface area contributed by atoms with Crippen LogP contribution < -0.4 is 25.6 Å². The molecule has 4 atom stereocenters. The largest absolute Gasteiger partial charge is 0.457 e. The van der Waals surface area contributed by atoms with Gasteiger partial charge in [0, 0.05) is 37.4 Å². The van der Waals surface area contributed by atoms with Crippen LogP contribution in [0.1, 0.15) is 36.4 Å². The Hall–Kier alpha value is -4.09. The first-order chi connectivity index (χ1) is 21.0. The van der Waals surface area contributed by atoms with Crippen molar-refractivity contribution in [2.24, 2.45) is 5.92 Å². The molecule has 4 aliphatic heterocycles. The van der Waals surface area contributed by atoms with Crippen LogP contribution in [0.3, 0.4) is 0 Å². The fraction of sp³-hybridized carbons (Fsp3) is 0.375. The lowest BCUT2D eigenvalue weighted by Crippen LogP contribution is -2.54. The van der Waals surface area contributed by atoms with Gasteiger partial charge in [-0.15, -0.1) is 0 Å².